The lowest BCUT2D eigenvalue weighted by Crippen LogP contribution is -1.96. The van der Waals surface area contributed by atoms with E-state index in [1.54, 1.807) is 6.07 Å². The molecule has 0 N–H and O–H groups in total. The Morgan fingerprint density at radius 1 is 1.54 bits per heavy atom. The van der Waals surface area contributed by atoms with Crippen molar-refractivity contribution in [1.82, 2.24) is 0 Å². The van der Waals surface area contributed by atoms with Crippen LogP contribution in [0.2, 0.25) is 5.02 Å². The number of thioether (sulfide) groups is 1. The Morgan fingerprint density at radius 2 is 2.23 bits per heavy atom. The van der Waals surface area contributed by atoms with Crippen LogP contribution in [0.1, 0.15) is 6.92 Å². The van der Waals surface area contributed by atoms with Gasteiger partial charge in [-0.25, -0.2) is 4.39 Å². The number of halogens is 2. The number of hydrogen-bond acceptors (Lipinski definition) is 2. The highest BCUT2D eigenvalue weighted by Crippen LogP contribution is 2.33. The first-order chi connectivity index (χ1) is 6.19. The second kappa shape index (κ2) is 4.72. The van der Waals surface area contributed by atoms with Crippen LogP contribution in [-0.4, -0.2) is 12.9 Å². The maximum absolute atomic E-state index is 13.3. The maximum Gasteiger partial charge on any atom is 0.168 e. The van der Waals surface area contributed by atoms with Gasteiger partial charge in [-0.2, -0.15) is 0 Å². The van der Waals surface area contributed by atoms with Gasteiger partial charge < -0.3 is 4.74 Å². The third kappa shape index (κ3) is 2.51. The molecule has 1 aromatic rings. The fraction of sp³-hybridized carbons (Fsp3) is 0.333. The molecule has 0 aliphatic carbocycles. The summed E-state index contributed by atoms with van der Waals surface area (Å²) in [6.07, 6.45) is 1.85. The van der Waals surface area contributed by atoms with Gasteiger partial charge in [-0.05, 0) is 25.3 Å². The highest BCUT2D eigenvalue weighted by atomic mass is 35.5. The predicted octanol–water partition coefficient (Wildman–Crippen LogP) is 3.60. The van der Waals surface area contributed by atoms with Gasteiger partial charge in [-0.15, -0.1) is 11.8 Å². The van der Waals surface area contributed by atoms with E-state index >= 15 is 0 Å². The molecule has 0 saturated carbocycles. The lowest BCUT2D eigenvalue weighted by molar-refractivity contribution is 0.313. The summed E-state index contributed by atoms with van der Waals surface area (Å²) in [5.74, 6) is -0.113. The van der Waals surface area contributed by atoms with Crippen LogP contribution in [-0.2, 0) is 0 Å². The third-order valence-corrected chi connectivity index (χ3v) is 2.44. The first kappa shape index (κ1) is 10.7. The molecule has 4 heteroatoms. The van der Waals surface area contributed by atoms with Crippen LogP contribution < -0.4 is 4.74 Å². The number of benzene rings is 1. The molecule has 72 valence electrons. The Kier molecular flexibility index (Phi) is 3.88. The Balaban J connectivity index is 3.13. The molecule has 0 radical (unpaired) electrons. The molecule has 0 fully saturated rings. The van der Waals surface area contributed by atoms with Crippen molar-refractivity contribution in [2.24, 2.45) is 0 Å². The Hall–Kier alpha value is -0.410. The van der Waals surface area contributed by atoms with Crippen molar-refractivity contribution in [2.75, 3.05) is 12.9 Å². The van der Waals surface area contributed by atoms with Crippen LogP contribution in [0.5, 0.6) is 5.75 Å². The quantitative estimate of drug-likeness (QED) is 0.720. The molecule has 0 bridgehead atoms. The lowest BCUT2D eigenvalue weighted by atomic mass is 10.3. The fourth-order valence-corrected chi connectivity index (χ4v) is 1.83. The lowest BCUT2D eigenvalue weighted by Gasteiger charge is -2.09. The molecule has 0 aliphatic rings. The normalized spacial score (nSPS) is 10.2. The maximum atomic E-state index is 13.3. The third-order valence-electron chi connectivity index (χ3n) is 1.48. The second-order valence-corrected chi connectivity index (χ2v) is 3.64. The predicted molar refractivity (Wildman–Crippen MR) is 54.4 cm³/mol. The van der Waals surface area contributed by atoms with Crippen LogP contribution in [0.3, 0.4) is 0 Å². The Morgan fingerprint density at radius 3 is 2.77 bits per heavy atom. The average Bonchev–Trinajstić information content (AvgIpc) is 2.09. The summed E-state index contributed by atoms with van der Waals surface area (Å²) in [6, 6.07) is 2.95. The van der Waals surface area contributed by atoms with Crippen molar-refractivity contribution >= 4 is 23.4 Å². The largest absolute Gasteiger partial charge is 0.490 e. The summed E-state index contributed by atoms with van der Waals surface area (Å²) >= 11 is 7.11. The van der Waals surface area contributed by atoms with Gasteiger partial charge in [-0.3, -0.25) is 0 Å². The molecular weight excluding hydrogens is 211 g/mol. The molecule has 0 amide bonds. The molecule has 0 aliphatic heterocycles. The smallest absolute Gasteiger partial charge is 0.168 e. The average molecular weight is 221 g/mol. The summed E-state index contributed by atoms with van der Waals surface area (Å²) in [7, 11) is 0. The van der Waals surface area contributed by atoms with Gasteiger partial charge in [0.1, 0.15) is 0 Å². The molecule has 0 atom stereocenters. The van der Waals surface area contributed by atoms with Gasteiger partial charge in [-0.1, -0.05) is 11.6 Å². The van der Waals surface area contributed by atoms with E-state index < -0.39 is 5.82 Å². The first-order valence-electron chi connectivity index (χ1n) is 3.84. The molecule has 0 saturated heterocycles. The summed E-state index contributed by atoms with van der Waals surface area (Å²) in [6.45, 7) is 2.27. The fourth-order valence-electron chi connectivity index (χ4n) is 0.973. The molecule has 0 aromatic heterocycles. The highest BCUT2D eigenvalue weighted by Gasteiger charge is 2.10. The highest BCUT2D eigenvalue weighted by molar-refractivity contribution is 7.98. The summed E-state index contributed by atoms with van der Waals surface area (Å²) in [5, 5.41) is 0.394. The zero-order valence-corrected chi connectivity index (χ0v) is 9.01. The number of rotatable bonds is 3. The Labute approximate surface area is 86.2 Å². The van der Waals surface area contributed by atoms with Crippen molar-refractivity contribution in [3.63, 3.8) is 0 Å². The van der Waals surface area contributed by atoms with E-state index in [0.29, 0.717) is 17.4 Å². The van der Waals surface area contributed by atoms with Gasteiger partial charge in [0, 0.05) is 5.02 Å². The van der Waals surface area contributed by atoms with Gasteiger partial charge in [0.25, 0.3) is 0 Å². The minimum Gasteiger partial charge on any atom is -0.490 e. The standard InChI is InChI=1S/C9H10ClFOS/c1-3-12-9-7(11)4-6(10)5-8(9)13-2/h4-5H,3H2,1-2H3. The van der Waals surface area contributed by atoms with Crippen LogP contribution in [0, 0.1) is 5.82 Å². The topological polar surface area (TPSA) is 9.23 Å². The molecule has 0 unspecified atom stereocenters. The minimum absolute atomic E-state index is 0.291. The second-order valence-electron chi connectivity index (χ2n) is 2.35. The van der Waals surface area contributed by atoms with Gasteiger partial charge in [0.2, 0.25) is 0 Å². The van der Waals surface area contributed by atoms with E-state index in [2.05, 4.69) is 0 Å². The molecular formula is C9H10ClFOS. The van der Waals surface area contributed by atoms with E-state index in [-0.39, 0.29) is 0 Å². The SMILES string of the molecule is CCOc1c(F)cc(Cl)cc1SC. The zero-order chi connectivity index (χ0) is 9.84. The molecule has 13 heavy (non-hydrogen) atoms. The van der Waals surface area contributed by atoms with Crippen LogP contribution in [0.25, 0.3) is 0 Å². The number of ether oxygens (including phenoxy) is 1. The summed E-state index contributed by atoms with van der Waals surface area (Å²) in [4.78, 5) is 0.729. The monoisotopic (exact) mass is 220 g/mol. The van der Waals surface area contributed by atoms with Gasteiger partial charge in [0.05, 0.1) is 11.5 Å². The first-order valence-corrected chi connectivity index (χ1v) is 5.45. The van der Waals surface area contributed by atoms with E-state index in [4.69, 9.17) is 16.3 Å². The van der Waals surface area contributed by atoms with Gasteiger partial charge in [0.15, 0.2) is 11.6 Å². The van der Waals surface area contributed by atoms with E-state index in [0.717, 1.165) is 4.90 Å². The van der Waals surface area contributed by atoms with Crippen molar-refractivity contribution in [3.05, 3.63) is 23.0 Å². The van der Waals surface area contributed by atoms with E-state index in [1.807, 2.05) is 13.2 Å². The van der Waals surface area contributed by atoms with E-state index in [9.17, 15) is 4.39 Å². The zero-order valence-electron chi connectivity index (χ0n) is 7.43. The van der Waals surface area contributed by atoms with Crippen molar-refractivity contribution in [3.8, 4) is 5.75 Å². The molecule has 1 aromatic carbocycles. The van der Waals surface area contributed by atoms with Crippen molar-refractivity contribution < 1.29 is 9.13 Å². The van der Waals surface area contributed by atoms with Crippen LogP contribution in [0.4, 0.5) is 4.39 Å². The number of hydrogen-bond donors (Lipinski definition) is 0. The molecule has 0 heterocycles. The minimum atomic E-state index is -0.404. The van der Waals surface area contributed by atoms with E-state index in [1.165, 1.54) is 17.8 Å². The summed E-state index contributed by atoms with van der Waals surface area (Å²) in [5.41, 5.74) is 0. The molecule has 0 spiro atoms. The van der Waals surface area contributed by atoms with Crippen molar-refractivity contribution in [1.29, 1.82) is 0 Å². The molecule has 1 nitrogen and oxygen atoms in total. The van der Waals surface area contributed by atoms with Crippen LogP contribution >= 0.6 is 23.4 Å². The molecule has 1 rings (SSSR count). The van der Waals surface area contributed by atoms with Gasteiger partial charge >= 0.3 is 0 Å². The Bertz CT molecular complexity index is 304. The van der Waals surface area contributed by atoms with Crippen molar-refractivity contribution in [2.45, 2.75) is 11.8 Å². The van der Waals surface area contributed by atoms with Crippen LogP contribution in [0.15, 0.2) is 17.0 Å². The summed E-state index contributed by atoms with van der Waals surface area (Å²) < 4.78 is 18.4.